The molecule has 0 N–H and O–H groups in total. The Labute approximate surface area is 97.5 Å². The van der Waals surface area contributed by atoms with Gasteiger partial charge in [0.25, 0.3) is 0 Å². The van der Waals surface area contributed by atoms with Crippen molar-refractivity contribution in [2.24, 2.45) is 0 Å². The Hall–Kier alpha value is -1.03. The number of ether oxygens (including phenoxy) is 2. The van der Waals surface area contributed by atoms with Crippen molar-refractivity contribution >= 4 is 21.9 Å². The molecule has 0 amide bonds. The van der Waals surface area contributed by atoms with Crippen molar-refractivity contribution in [2.75, 3.05) is 13.7 Å². The summed E-state index contributed by atoms with van der Waals surface area (Å²) in [4.78, 5) is 11.4. The van der Waals surface area contributed by atoms with Crippen molar-refractivity contribution in [3.8, 4) is 5.75 Å². The minimum absolute atomic E-state index is 0.346. The second-order valence-electron chi connectivity index (χ2n) is 2.97. The lowest BCUT2D eigenvalue weighted by Crippen LogP contribution is -2.06. The van der Waals surface area contributed by atoms with Crippen LogP contribution in [0.4, 0.5) is 0 Å². The van der Waals surface area contributed by atoms with Crippen molar-refractivity contribution in [1.29, 1.82) is 0 Å². The van der Waals surface area contributed by atoms with Gasteiger partial charge in [0, 0.05) is 5.56 Å². The Kier molecular flexibility index (Phi) is 4.15. The molecule has 0 heterocycles. The molecule has 0 aliphatic rings. The van der Waals surface area contributed by atoms with Gasteiger partial charge in [-0.05, 0) is 41.9 Å². The number of halogens is 1. The zero-order valence-corrected chi connectivity index (χ0v) is 10.6. The van der Waals surface area contributed by atoms with E-state index >= 15 is 0 Å². The maximum absolute atomic E-state index is 11.4. The standard InChI is InChI=1S/C11H13BrO3/c1-4-15-10-7(2)8(11(13)14-3)5-6-9(10)12/h5-6H,4H2,1-3H3. The SMILES string of the molecule is CCOc1c(Br)ccc(C(=O)OC)c1C. The van der Waals surface area contributed by atoms with E-state index in [0.717, 1.165) is 10.0 Å². The molecule has 0 aliphatic carbocycles. The molecule has 0 aliphatic heterocycles. The summed E-state index contributed by atoms with van der Waals surface area (Å²) in [5.74, 6) is 0.348. The van der Waals surface area contributed by atoms with Crippen LogP contribution in [0.5, 0.6) is 5.75 Å². The topological polar surface area (TPSA) is 35.5 Å². The molecule has 15 heavy (non-hydrogen) atoms. The first kappa shape index (κ1) is 12.0. The number of benzene rings is 1. The van der Waals surface area contributed by atoms with Gasteiger partial charge >= 0.3 is 5.97 Å². The van der Waals surface area contributed by atoms with Gasteiger partial charge in [-0.3, -0.25) is 0 Å². The number of hydrogen-bond donors (Lipinski definition) is 0. The molecule has 1 aromatic carbocycles. The van der Waals surface area contributed by atoms with Gasteiger partial charge in [-0.1, -0.05) is 0 Å². The smallest absolute Gasteiger partial charge is 0.338 e. The molecular weight excluding hydrogens is 260 g/mol. The minimum atomic E-state index is -0.346. The van der Waals surface area contributed by atoms with Crippen molar-refractivity contribution in [1.82, 2.24) is 0 Å². The van der Waals surface area contributed by atoms with Gasteiger partial charge in [-0.2, -0.15) is 0 Å². The zero-order valence-electron chi connectivity index (χ0n) is 8.96. The highest BCUT2D eigenvalue weighted by atomic mass is 79.9. The van der Waals surface area contributed by atoms with E-state index in [1.807, 2.05) is 13.8 Å². The van der Waals surface area contributed by atoms with Crippen LogP contribution in [0.25, 0.3) is 0 Å². The fourth-order valence-corrected chi connectivity index (χ4v) is 1.86. The van der Waals surface area contributed by atoms with Crippen LogP contribution in [0.15, 0.2) is 16.6 Å². The number of methoxy groups -OCH3 is 1. The van der Waals surface area contributed by atoms with E-state index in [9.17, 15) is 4.79 Å². The molecule has 1 rings (SSSR count). The van der Waals surface area contributed by atoms with E-state index in [1.54, 1.807) is 12.1 Å². The third kappa shape index (κ3) is 2.50. The number of rotatable bonds is 3. The molecule has 0 spiro atoms. The van der Waals surface area contributed by atoms with Gasteiger partial charge in [-0.25, -0.2) is 4.79 Å². The van der Waals surface area contributed by atoms with Crippen LogP contribution >= 0.6 is 15.9 Å². The van der Waals surface area contributed by atoms with Crippen molar-refractivity contribution in [2.45, 2.75) is 13.8 Å². The van der Waals surface area contributed by atoms with Gasteiger partial charge in [0.05, 0.1) is 23.8 Å². The molecule has 1 aromatic rings. The summed E-state index contributed by atoms with van der Waals surface area (Å²) in [5.41, 5.74) is 1.32. The molecule has 0 saturated carbocycles. The summed E-state index contributed by atoms with van der Waals surface area (Å²) < 4.78 is 11.0. The van der Waals surface area contributed by atoms with Gasteiger partial charge in [-0.15, -0.1) is 0 Å². The first-order chi connectivity index (χ1) is 7.11. The van der Waals surface area contributed by atoms with Crippen molar-refractivity contribution in [3.63, 3.8) is 0 Å². The molecule has 0 saturated heterocycles. The normalized spacial score (nSPS) is 9.87. The van der Waals surface area contributed by atoms with Crippen LogP contribution in [0.3, 0.4) is 0 Å². The first-order valence-corrected chi connectivity index (χ1v) is 5.41. The summed E-state index contributed by atoms with van der Waals surface area (Å²) in [6.07, 6.45) is 0. The molecule has 0 bridgehead atoms. The molecule has 82 valence electrons. The van der Waals surface area contributed by atoms with E-state index in [-0.39, 0.29) is 5.97 Å². The van der Waals surface area contributed by atoms with Crippen molar-refractivity contribution in [3.05, 3.63) is 27.7 Å². The summed E-state index contributed by atoms with van der Waals surface area (Å²) in [6, 6.07) is 3.50. The Morgan fingerprint density at radius 1 is 1.47 bits per heavy atom. The third-order valence-corrected chi connectivity index (χ3v) is 2.68. The molecule has 0 fully saturated rings. The zero-order chi connectivity index (χ0) is 11.4. The second-order valence-corrected chi connectivity index (χ2v) is 3.83. The maximum Gasteiger partial charge on any atom is 0.338 e. The fourth-order valence-electron chi connectivity index (χ4n) is 1.31. The van der Waals surface area contributed by atoms with Crippen molar-refractivity contribution < 1.29 is 14.3 Å². The molecule has 0 unspecified atom stereocenters. The highest BCUT2D eigenvalue weighted by Gasteiger charge is 2.15. The lowest BCUT2D eigenvalue weighted by molar-refractivity contribution is 0.0599. The predicted octanol–water partition coefficient (Wildman–Crippen LogP) is 2.94. The predicted molar refractivity (Wildman–Crippen MR) is 61.4 cm³/mol. The largest absolute Gasteiger partial charge is 0.492 e. The van der Waals surface area contributed by atoms with Crippen LogP contribution in [0, 0.1) is 6.92 Å². The first-order valence-electron chi connectivity index (χ1n) is 4.62. The number of esters is 1. The van der Waals surface area contributed by atoms with E-state index in [1.165, 1.54) is 7.11 Å². The third-order valence-electron chi connectivity index (χ3n) is 2.05. The summed E-state index contributed by atoms with van der Waals surface area (Å²) in [6.45, 7) is 4.29. The van der Waals surface area contributed by atoms with Gasteiger partial charge in [0.2, 0.25) is 0 Å². The molecule has 0 atom stereocenters. The minimum Gasteiger partial charge on any atom is -0.492 e. The Balaban J connectivity index is 3.21. The second kappa shape index (κ2) is 5.16. The summed E-state index contributed by atoms with van der Waals surface area (Å²) >= 11 is 3.38. The molecule has 0 aromatic heterocycles. The lowest BCUT2D eigenvalue weighted by Gasteiger charge is -2.12. The highest BCUT2D eigenvalue weighted by molar-refractivity contribution is 9.10. The highest BCUT2D eigenvalue weighted by Crippen LogP contribution is 2.31. The molecule has 3 nitrogen and oxygen atoms in total. The van der Waals surface area contributed by atoms with E-state index in [2.05, 4.69) is 20.7 Å². The van der Waals surface area contributed by atoms with Gasteiger partial charge in [0.1, 0.15) is 5.75 Å². The number of hydrogen-bond acceptors (Lipinski definition) is 3. The molecule has 4 heteroatoms. The summed E-state index contributed by atoms with van der Waals surface area (Å²) in [5, 5.41) is 0. The quantitative estimate of drug-likeness (QED) is 0.794. The van der Waals surface area contributed by atoms with Gasteiger partial charge in [0.15, 0.2) is 0 Å². The average Bonchev–Trinajstić information content (AvgIpc) is 2.23. The Morgan fingerprint density at radius 2 is 2.13 bits per heavy atom. The monoisotopic (exact) mass is 272 g/mol. The maximum atomic E-state index is 11.4. The van der Waals surface area contributed by atoms with E-state index in [0.29, 0.717) is 17.9 Å². The van der Waals surface area contributed by atoms with Crippen LogP contribution in [-0.4, -0.2) is 19.7 Å². The lowest BCUT2D eigenvalue weighted by atomic mass is 10.1. The fraction of sp³-hybridized carbons (Fsp3) is 0.364. The van der Waals surface area contributed by atoms with Gasteiger partial charge < -0.3 is 9.47 Å². The Morgan fingerprint density at radius 3 is 2.67 bits per heavy atom. The number of carbonyl (C=O) groups excluding carboxylic acids is 1. The van der Waals surface area contributed by atoms with Crippen LogP contribution < -0.4 is 4.74 Å². The van der Waals surface area contributed by atoms with Crippen LogP contribution in [0.1, 0.15) is 22.8 Å². The van der Waals surface area contributed by atoms with Crippen LogP contribution in [0.2, 0.25) is 0 Å². The van der Waals surface area contributed by atoms with E-state index in [4.69, 9.17) is 4.74 Å². The molecule has 0 radical (unpaired) electrons. The summed E-state index contributed by atoms with van der Waals surface area (Å²) in [7, 11) is 1.37. The van der Waals surface area contributed by atoms with E-state index < -0.39 is 0 Å². The Bertz CT molecular complexity index is 374. The average molecular weight is 273 g/mol. The molecular formula is C11H13BrO3. The number of carbonyl (C=O) groups is 1. The van der Waals surface area contributed by atoms with Crippen LogP contribution in [-0.2, 0) is 4.74 Å².